The lowest BCUT2D eigenvalue weighted by atomic mass is 9.78. The first-order chi connectivity index (χ1) is 14.7. The molecule has 31 heavy (non-hydrogen) atoms. The molecule has 6 nitrogen and oxygen atoms in total. The number of piperidine rings is 1. The van der Waals surface area contributed by atoms with Gasteiger partial charge in [0.25, 0.3) is 0 Å². The minimum atomic E-state index is -4.63. The number of hydrogen-bond donors (Lipinski definition) is 1. The van der Waals surface area contributed by atoms with Gasteiger partial charge < -0.3 is 20.3 Å². The number of benzene rings is 1. The lowest BCUT2D eigenvalue weighted by Gasteiger charge is -2.42. The number of carbonyl (C=O) groups is 2. The number of rotatable bonds is 3. The van der Waals surface area contributed by atoms with Crippen molar-refractivity contribution in [3.63, 3.8) is 0 Å². The lowest BCUT2D eigenvalue weighted by molar-refractivity contribution is -0.139. The highest BCUT2D eigenvalue weighted by molar-refractivity contribution is 5.86. The second kappa shape index (κ2) is 8.24. The van der Waals surface area contributed by atoms with Crippen LogP contribution in [-0.4, -0.2) is 42.6 Å². The monoisotopic (exact) mass is 439 g/mol. The summed E-state index contributed by atoms with van der Waals surface area (Å²) < 4.78 is 46.0. The van der Waals surface area contributed by atoms with Gasteiger partial charge in [0.2, 0.25) is 5.91 Å². The summed E-state index contributed by atoms with van der Waals surface area (Å²) in [7, 11) is 0. The molecule has 0 bridgehead atoms. The number of likely N-dealkylation sites (tertiary alicyclic amines) is 1. The molecule has 170 valence electrons. The van der Waals surface area contributed by atoms with Crippen molar-refractivity contribution in [2.24, 2.45) is 11.1 Å². The van der Waals surface area contributed by atoms with E-state index in [0.717, 1.165) is 31.7 Å². The Bertz CT molecular complexity index is 854. The van der Waals surface area contributed by atoms with Crippen molar-refractivity contribution < 1.29 is 27.5 Å². The van der Waals surface area contributed by atoms with E-state index in [4.69, 9.17) is 5.73 Å². The first kappa shape index (κ1) is 21.8. The van der Waals surface area contributed by atoms with Gasteiger partial charge in [-0.25, -0.2) is 4.79 Å². The van der Waals surface area contributed by atoms with Gasteiger partial charge in [-0.05, 0) is 50.3 Å². The molecule has 2 aliphatic heterocycles. The van der Waals surface area contributed by atoms with Crippen LogP contribution in [0.4, 0.5) is 23.7 Å². The third-order valence-electron chi connectivity index (χ3n) is 6.97. The van der Waals surface area contributed by atoms with E-state index in [1.807, 2.05) is 4.90 Å². The predicted octanol–water partition coefficient (Wildman–Crippen LogP) is 4.31. The van der Waals surface area contributed by atoms with Crippen LogP contribution in [-0.2, 0) is 11.0 Å². The summed E-state index contributed by atoms with van der Waals surface area (Å²) in [6.07, 6.45) is 1.73. The fraction of sp³-hybridized carbons (Fsp3) is 0.636. The Morgan fingerprint density at radius 1 is 1.10 bits per heavy atom. The SMILES string of the molecule is NC(=O)Oc1ccc(N2CCC[C@@]3(CCN(C4CCCCC4)C3=O)C2)c(C(F)(F)F)c1. The summed E-state index contributed by atoms with van der Waals surface area (Å²) in [6, 6.07) is 3.68. The van der Waals surface area contributed by atoms with Crippen molar-refractivity contribution >= 4 is 17.7 Å². The van der Waals surface area contributed by atoms with Crippen molar-refractivity contribution in [3.05, 3.63) is 23.8 Å². The van der Waals surface area contributed by atoms with Gasteiger partial charge in [-0.15, -0.1) is 0 Å². The van der Waals surface area contributed by atoms with Crippen molar-refractivity contribution in [3.8, 4) is 5.75 Å². The first-order valence-corrected chi connectivity index (χ1v) is 10.9. The van der Waals surface area contributed by atoms with E-state index < -0.39 is 23.2 Å². The molecule has 2 saturated heterocycles. The van der Waals surface area contributed by atoms with Gasteiger partial charge in [0.1, 0.15) is 5.75 Å². The predicted molar refractivity (Wildman–Crippen MR) is 109 cm³/mol. The Morgan fingerprint density at radius 2 is 1.84 bits per heavy atom. The van der Waals surface area contributed by atoms with Crippen molar-refractivity contribution in [1.29, 1.82) is 0 Å². The maximum atomic E-state index is 13.8. The Hall–Kier alpha value is -2.45. The fourth-order valence-corrected chi connectivity index (χ4v) is 5.50. The zero-order valence-corrected chi connectivity index (χ0v) is 17.4. The molecule has 0 unspecified atom stereocenters. The van der Waals surface area contributed by atoms with Crippen LogP contribution in [0.25, 0.3) is 0 Å². The second-order valence-electron chi connectivity index (χ2n) is 8.94. The summed E-state index contributed by atoms with van der Waals surface area (Å²) in [6.45, 7) is 1.40. The van der Waals surface area contributed by atoms with Gasteiger partial charge >= 0.3 is 12.3 Å². The quantitative estimate of drug-likeness (QED) is 0.761. The van der Waals surface area contributed by atoms with Gasteiger partial charge in [0.05, 0.1) is 11.0 Å². The summed E-state index contributed by atoms with van der Waals surface area (Å²) in [5.74, 6) is -0.151. The number of carbonyl (C=O) groups excluding carboxylic acids is 2. The van der Waals surface area contributed by atoms with Crippen molar-refractivity contribution in [2.75, 3.05) is 24.5 Å². The molecule has 1 aromatic carbocycles. The zero-order valence-electron chi connectivity index (χ0n) is 17.4. The van der Waals surface area contributed by atoms with Crippen molar-refractivity contribution in [1.82, 2.24) is 4.90 Å². The Morgan fingerprint density at radius 3 is 2.52 bits per heavy atom. The van der Waals surface area contributed by atoms with E-state index in [2.05, 4.69) is 4.74 Å². The summed E-state index contributed by atoms with van der Waals surface area (Å²) in [4.78, 5) is 28.0. The number of primary amides is 1. The van der Waals surface area contributed by atoms with Gasteiger partial charge in [-0.3, -0.25) is 4.79 Å². The Labute approximate surface area is 179 Å². The highest BCUT2D eigenvalue weighted by Crippen LogP contribution is 2.46. The largest absolute Gasteiger partial charge is 0.418 e. The van der Waals surface area contributed by atoms with E-state index in [-0.39, 0.29) is 29.9 Å². The Kier molecular flexibility index (Phi) is 5.79. The van der Waals surface area contributed by atoms with Gasteiger partial charge in [0, 0.05) is 31.4 Å². The standard InChI is InChI=1S/C22H28F3N3O3/c23-22(24,25)17-13-16(31-20(26)30)7-8-18(17)27-11-4-9-21(14-27)10-12-28(19(21)29)15-5-2-1-3-6-15/h7-8,13,15H,1-6,9-12,14H2,(H2,26,30)/t21-/m1/s1. The molecule has 2 amide bonds. The summed E-state index contributed by atoms with van der Waals surface area (Å²) in [5.41, 5.74) is 3.43. The highest BCUT2D eigenvalue weighted by Gasteiger charge is 2.51. The number of hydrogen-bond acceptors (Lipinski definition) is 4. The van der Waals surface area contributed by atoms with E-state index in [1.165, 1.54) is 18.6 Å². The van der Waals surface area contributed by atoms with Gasteiger partial charge in [-0.2, -0.15) is 13.2 Å². The normalized spacial score (nSPS) is 25.3. The third kappa shape index (κ3) is 4.32. The van der Waals surface area contributed by atoms with E-state index in [9.17, 15) is 22.8 Å². The molecule has 1 aromatic rings. The van der Waals surface area contributed by atoms with Gasteiger partial charge in [-0.1, -0.05) is 19.3 Å². The topological polar surface area (TPSA) is 75.9 Å². The zero-order chi connectivity index (χ0) is 22.2. The number of alkyl halides is 3. The minimum Gasteiger partial charge on any atom is -0.410 e. The molecule has 0 radical (unpaired) electrons. The molecule has 4 rings (SSSR count). The molecule has 2 heterocycles. The highest BCUT2D eigenvalue weighted by atomic mass is 19.4. The van der Waals surface area contributed by atoms with E-state index in [1.54, 1.807) is 4.90 Å². The maximum absolute atomic E-state index is 13.8. The molecule has 3 aliphatic rings. The number of nitrogens with zero attached hydrogens (tertiary/aromatic N) is 2. The summed E-state index contributed by atoms with van der Waals surface area (Å²) >= 11 is 0. The average molecular weight is 439 g/mol. The van der Waals surface area contributed by atoms with Crippen LogP contribution in [0.15, 0.2) is 18.2 Å². The molecule has 1 atom stereocenters. The van der Waals surface area contributed by atoms with Crippen LogP contribution in [0.5, 0.6) is 5.75 Å². The first-order valence-electron chi connectivity index (χ1n) is 10.9. The minimum absolute atomic E-state index is 0.00677. The van der Waals surface area contributed by atoms with Crippen LogP contribution in [0.2, 0.25) is 0 Å². The number of amides is 2. The van der Waals surface area contributed by atoms with Crippen LogP contribution in [0.3, 0.4) is 0 Å². The van der Waals surface area contributed by atoms with E-state index in [0.29, 0.717) is 32.4 Å². The average Bonchev–Trinajstić information content (AvgIpc) is 3.03. The van der Waals surface area contributed by atoms with Crippen LogP contribution in [0.1, 0.15) is 56.9 Å². The molecule has 1 spiro atoms. The van der Waals surface area contributed by atoms with Gasteiger partial charge in [0.15, 0.2) is 0 Å². The molecule has 1 saturated carbocycles. The second-order valence-corrected chi connectivity index (χ2v) is 8.94. The fourth-order valence-electron chi connectivity index (χ4n) is 5.50. The van der Waals surface area contributed by atoms with Crippen LogP contribution < -0.4 is 15.4 Å². The maximum Gasteiger partial charge on any atom is 0.418 e. The lowest BCUT2D eigenvalue weighted by Crippen LogP contribution is -2.50. The number of nitrogens with two attached hydrogens (primary N) is 1. The van der Waals surface area contributed by atoms with Crippen LogP contribution >= 0.6 is 0 Å². The molecule has 0 aromatic heterocycles. The van der Waals surface area contributed by atoms with Crippen molar-refractivity contribution in [2.45, 2.75) is 63.6 Å². The molecular formula is C22H28F3N3O3. The number of halogens is 3. The number of ether oxygens (including phenoxy) is 1. The van der Waals surface area contributed by atoms with Crippen LogP contribution in [0, 0.1) is 5.41 Å². The molecule has 1 aliphatic carbocycles. The molecule has 2 N–H and O–H groups in total. The number of anilines is 1. The molecule has 9 heteroatoms. The Balaban J connectivity index is 1.58. The smallest absolute Gasteiger partial charge is 0.410 e. The molecule has 3 fully saturated rings. The molecular weight excluding hydrogens is 411 g/mol. The summed E-state index contributed by atoms with van der Waals surface area (Å²) in [5, 5.41) is 0. The third-order valence-corrected chi connectivity index (χ3v) is 6.97. The van der Waals surface area contributed by atoms with E-state index >= 15 is 0 Å².